The summed E-state index contributed by atoms with van der Waals surface area (Å²) in [5.74, 6) is -0.147. The summed E-state index contributed by atoms with van der Waals surface area (Å²) in [5, 5.41) is 8.48. The molecule has 1 unspecified atom stereocenters. The van der Waals surface area contributed by atoms with Crippen molar-refractivity contribution in [3.63, 3.8) is 0 Å². The van der Waals surface area contributed by atoms with Gasteiger partial charge >= 0.3 is 5.97 Å². The topological polar surface area (TPSA) is 72.5 Å². The molecule has 0 radical (unpaired) electrons. The van der Waals surface area contributed by atoms with E-state index in [0.717, 1.165) is 4.90 Å². The number of rotatable bonds is 5. The van der Waals surface area contributed by atoms with Crippen LogP contribution in [0.4, 0.5) is 5.69 Å². The Hall–Kier alpha value is -1.36. The lowest BCUT2D eigenvalue weighted by atomic mass is 10.3. The van der Waals surface area contributed by atoms with Gasteiger partial charge in [-0.05, 0) is 24.6 Å². The maximum absolute atomic E-state index is 10.9. The molecular formula is C11H15NO3S. The number of carboxylic acids is 1. The average molecular weight is 241 g/mol. The Bertz CT molecular complexity index is 381. The van der Waals surface area contributed by atoms with Gasteiger partial charge in [0.15, 0.2) is 0 Å². The van der Waals surface area contributed by atoms with E-state index in [4.69, 9.17) is 15.6 Å². The summed E-state index contributed by atoms with van der Waals surface area (Å²) >= 11 is 1.25. The van der Waals surface area contributed by atoms with E-state index in [2.05, 4.69) is 0 Å². The predicted octanol–water partition coefficient (Wildman–Crippen LogP) is 2.23. The molecule has 0 aliphatic heterocycles. The number of ether oxygens (including phenoxy) is 1. The van der Waals surface area contributed by atoms with Gasteiger partial charge in [-0.3, -0.25) is 4.79 Å². The molecule has 1 atom stereocenters. The normalized spacial score (nSPS) is 12.1. The number of thioether (sulfide) groups is 1. The van der Waals surface area contributed by atoms with Gasteiger partial charge in [0.05, 0.1) is 7.11 Å². The molecule has 4 nitrogen and oxygen atoms in total. The molecular weight excluding hydrogens is 226 g/mol. The molecule has 1 rings (SSSR count). The van der Waals surface area contributed by atoms with E-state index in [1.807, 2.05) is 6.92 Å². The van der Waals surface area contributed by atoms with Gasteiger partial charge in [-0.1, -0.05) is 6.92 Å². The standard InChI is InChI=1S/C11H15NO3S/c1-3-9(11(13)14)16-10-6-7(15-2)4-5-8(10)12/h4-6,9H,3,12H2,1-2H3,(H,13,14). The van der Waals surface area contributed by atoms with Crippen molar-refractivity contribution in [3.8, 4) is 5.75 Å². The number of hydrogen-bond donors (Lipinski definition) is 2. The summed E-state index contributed by atoms with van der Waals surface area (Å²) in [7, 11) is 1.56. The quantitative estimate of drug-likeness (QED) is 0.611. The highest BCUT2D eigenvalue weighted by Crippen LogP contribution is 2.33. The number of methoxy groups -OCH3 is 1. The third kappa shape index (κ3) is 3.06. The zero-order chi connectivity index (χ0) is 12.1. The summed E-state index contributed by atoms with van der Waals surface area (Å²) < 4.78 is 5.07. The number of hydrogen-bond acceptors (Lipinski definition) is 4. The average Bonchev–Trinajstić information content (AvgIpc) is 2.27. The van der Waals surface area contributed by atoms with Gasteiger partial charge in [0.1, 0.15) is 11.0 Å². The van der Waals surface area contributed by atoms with Gasteiger partial charge in [-0.2, -0.15) is 0 Å². The largest absolute Gasteiger partial charge is 0.497 e. The smallest absolute Gasteiger partial charge is 0.316 e. The molecule has 88 valence electrons. The number of benzene rings is 1. The van der Waals surface area contributed by atoms with Gasteiger partial charge in [-0.15, -0.1) is 11.8 Å². The molecule has 0 aliphatic carbocycles. The Kier molecular flexibility index (Phi) is 4.49. The summed E-state index contributed by atoms with van der Waals surface area (Å²) in [6, 6.07) is 5.22. The van der Waals surface area contributed by atoms with Crippen molar-refractivity contribution >= 4 is 23.4 Å². The lowest BCUT2D eigenvalue weighted by Crippen LogP contribution is -2.14. The van der Waals surface area contributed by atoms with Crippen LogP contribution in [0.15, 0.2) is 23.1 Å². The Morgan fingerprint density at radius 1 is 1.62 bits per heavy atom. The predicted molar refractivity (Wildman–Crippen MR) is 65.0 cm³/mol. The first-order valence-corrected chi connectivity index (χ1v) is 5.79. The van der Waals surface area contributed by atoms with Crippen LogP contribution >= 0.6 is 11.8 Å². The molecule has 0 fully saturated rings. The first-order chi connectivity index (χ1) is 7.58. The van der Waals surface area contributed by atoms with E-state index in [1.165, 1.54) is 11.8 Å². The molecule has 0 amide bonds. The van der Waals surface area contributed by atoms with Crippen LogP contribution in [0.2, 0.25) is 0 Å². The molecule has 0 aromatic heterocycles. The molecule has 0 bridgehead atoms. The molecule has 0 heterocycles. The van der Waals surface area contributed by atoms with Crippen molar-refractivity contribution in [2.45, 2.75) is 23.5 Å². The Morgan fingerprint density at radius 2 is 2.31 bits per heavy atom. The molecule has 5 heteroatoms. The van der Waals surface area contributed by atoms with E-state index in [9.17, 15) is 4.79 Å². The molecule has 0 aliphatic rings. The maximum atomic E-state index is 10.9. The van der Waals surface area contributed by atoms with Crippen LogP contribution in [-0.4, -0.2) is 23.4 Å². The first-order valence-electron chi connectivity index (χ1n) is 4.91. The minimum Gasteiger partial charge on any atom is -0.497 e. The number of carboxylic acid groups (broad SMARTS) is 1. The van der Waals surface area contributed by atoms with Crippen molar-refractivity contribution in [1.29, 1.82) is 0 Å². The zero-order valence-corrected chi connectivity index (χ0v) is 10.1. The van der Waals surface area contributed by atoms with Gasteiger partial charge in [0, 0.05) is 10.6 Å². The highest BCUT2D eigenvalue weighted by Gasteiger charge is 2.17. The van der Waals surface area contributed by atoms with Crippen molar-refractivity contribution in [2.75, 3.05) is 12.8 Å². The number of carbonyl (C=O) groups is 1. The molecule has 0 saturated heterocycles. The maximum Gasteiger partial charge on any atom is 0.316 e. The van der Waals surface area contributed by atoms with E-state index < -0.39 is 11.2 Å². The zero-order valence-electron chi connectivity index (χ0n) is 9.27. The third-order valence-electron chi connectivity index (χ3n) is 2.14. The summed E-state index contributed by atoms with van der Waals surface area (Å²) in [6.07, 6.45) is 0.552. The van der Waals surface area contributed by atoms with Crippen LogP contribution in [0, 0.1) is 0 Å². The second-order valence-corrected chi connectivity index (χ2v) is 4.50. The molecule has 3 N–H and O–H groups in total. The highest BCUT2D eigenvalue weighted by atomic mass is 32.2. The van der Waals surface area contributed by atoms with Gasteiger partial charge in [0.25, 0.3) is 0 Å². The monoisotopic (exact) mass is 241 g/mol. The Balaban J connectivity index is 2.90. The molecule has 0 saturated carbocycles. The van der Waals surface area contributed by atoms with Gasteiger partial charge in [0.2, 0.25) is 0 Å². The molecule has 16 heavy (non-hydrogen) atoms. The van der Waals surface area contributed by atoms with Crippen LogP contribution in [0.25, 0.3) is 0 Å². The van der Waals surface area contributed by atoms with Crippen LogP contribution in [-0.2, 0) is 4.79 Å². The number of anilines is 1. The number of aliphatic carboxylic acids is 1. The summed E-state index contributed by atoms with van der Waals surface area (Å²) in [4.78, 5) is 11.7. The lowest BCUT2D eigenvalue weighted by molar-refractivity contribution is -0.136. The van der Waals surface area contributed by atoms with Crippen LogP contribution in [0.1, 0.15) is 13.3 Å². The fourth-order valence-corrected chi connectivity index (χ4v) is 2.17. The van der Waals surface area contributed by atoms with Crippen LogP contribution < -0.4 is 10.5 Å². The fraction of sp³-hybridized carbons (Fsp3) is 0.364. The van der Waals surface area contributed by atoms with E-state index in [1.54, 1.807) is 25.3 Å². The molecule has 1 aromatic rings. The van der Waals surface area contributed by atoms with Gasteiger partial charge < -0.3 is 15.6 Å². The summed E-state index contributed by atoms with van der Waals surface area (Å²) in [6.45, 7) is 1.84. The molecule has 0 spiro atoms. The van der Waals surface area contributed by atoms with Crippen molar-refractivity contribution in [2.24, 2.45) is 0 Å². The van der Waals surface area contributed by atoms with Crippen molar-refractivity contribution in [1.82, 2.24) is 0 Å². The SMILES string of the molecule is CCC(Sc1cc(OC)ccc1N)C(=O)O. The second-order valence-electron chi connectivity index (χ2n) is 3.26. The molecule has 1 aromatic carbocycles. The number of nitrogen functional groups attached to an aromatic ring is 1. The van der Waals surface area contributed by atoms with Crippen molar-refractivity contribution < 1.29 is 14.6 Å². The minimum absolute atomic E-state index is 0.477. The summed E-state index contributed by atoms with van der Waals surface area (Å²) in [5.41, 5.74) is 6.35. The number of nitrogens with two attached hydrogens (primary N) is 1. The van der Waals surface area contributed by atoms with Crippen LogP contribution in [0.5, 0.6) is 5.75 Å². The van der Waals surface area contributed by atoms with E-state index in [-0.39, 0.29) is 0 Å². The van der Waals surface area contributed by atoms with E-state index in [0.29, 0.717) is 17.9 Å². The Morgan fingerprint density at radius 3 is 2.81 bits per heavy atom. The van der Waals surface area contributed by atoms with Crippen molar-refractivity contribution in [3.05, 3.63) is 18.2 Å². The van der Waals surface area contributed by atoms with Crippen LogP contribution in [0.3, 0.4) is 0 Å². The second kappa shape index (κ2) is 5.65. The highest BCUT2D eigenvalue weighted by molar-refractivity contribution is 8.00. The first kappa shape index (κ1) is 12.7. The lowest BCUT2D eigenvalue weighted by Gasteiger charge is -2.12. The Labute approximate surface area is 98.8 Å². The minimum atomic E-state index is -0.824. The third-order valence-corrected chi connectivity index (χ3v) is 3.56. The van der Waals surface area contributed by atoms with E-state index >= 15 is 0 Å². The fourth-order valence-electron chi connectivity index (χ4n) is 1.21. The van der Waals surface area contributed by atoms with Gasteiger partial charge in [-0.25, -0.2) is 0 Å².